The van der Waals surface area contributed by atoms with Gasteiger partial charge in [-0.15, -0.1) is 0 Å². The molecule has 0 spiro atoms. The number of carbonyl (C=O) groups excluding carboxylic acids is 1. The standard InChI is InChI=1S/C24H39BrN2O2/c1-7-19(8-2)17-27(18(3)21-11-9-10-12-22(21)25)20-13-15-26(16-14-20)23(28)29-24(4,5)6/h9-12,18-20H,7-8,13-17H2,1-6H3. The molecule has 1 heterocycles. The van der Waals surface area contributed by atoms with Crippen molar-refractivity contribution in [2.24, 2.45) is 5.92 Å². The van der Waals surface area contributed by atoms with Crippen LogP contribution in [0.1, 0.15) is 78.8 Å². The predicted molar refractivity (Wildman–Crippen MR) is 124 cm³/mol. The Labute approximate surface area is 186 Å². The number of nitrogens with zero attached hydrogens (tertiary/aromatic N) is 2. The van der Waals surface area contributed by atoms with Gasteiger partial charge in [0.05, 0.1) is 0 Å². The Morgan fingerprint density at radius 2 is 1.79 bits per heavy atom. The molecule has 0 aliphatic carbocycles. The fourth-order valence-corrected chi connectivity index (χ4v) is 4.78. The van der Waals surface area contributed by atoms with Crippen molar-refractivity contribution in [2.75, 3.05) is 19.6 Å². The summed E-state index contributed by atoms with van der Waals surface area (Å²) < 4.78 is 6.75. The quantitative estimate of drug-likeness (QED) is 0.450. The zero-order chi connectivity index (χ0) is 21.6. The van der Waals surface area contributed by atoms with Crippen molar-refractivity contribution < 1.29 is 9.53 Å². The van der Waals surface area contributed by atoms with E-state index in [4.69, 9.17) is 4.74 Å². The van der Waals surface area contributed by atoms with Gasteiger partial charge in [0.1, 0.15) is 5.60 Å². The van der Waals surface area contributed by atoms with Gasteiger partial charge in [0.15, 0.2) is 0 Å². The Hall–Kier alpha value is -1.07. The summed E-state index contributed by atoms with van der Waals surface area (Å²) in [6.07, 6.45) is 4.21. The van der Waals surface area contributed by atoms with E-state index in [0.717, 1.165) is 32.5 Å². The summed E-state index contributed by atoms with van der Waals surface area (Å²) >= 11 is 3.75. The molecular weight excluding hydrogens is 428 g/mol. The zero-order valence-corrected chi connectivity index (χ0v) is 20.7. The minimum atomic E-state index is -0.441. The SMILES string of the molecule is CCC(CC)CN(C1CCN(C(=O)OC(C)(C)C)CC1)C(C)c1ccccc1Br. The van der Waals surface area contributed by atoms with E-state index < -0.39 is 5.60 Å². The van der Waals surface area contributed by atoms with E-state index >= 15 is 0 Å². The molecule has 1 aromatic carbocycles. The van der Waals surface area contributed by atoms with E-state index in [0.29, 0.717) is 18.0 Å². The first-order valence-corrected chi connectivity index (χ1v) is 11.9. The molecule has 2 rings (SSSR count). The molecule has 1 aromatic rings. The zero-order valence-electron chi connectivity index (χ0n) is 19.1. The van der Waals surface area contributed by atoms with Crippen LogP contribution >= 0.6 is 15.9 Å². The van der Waals surface area contributed by atoms with E-state index in [-0.39, 0.29) is 6.09 Å². The summed E-state index contributed by atoms with van der Waals surface area (Å²) in [6, 6.07) is 9.37. The number of hydrogen-bond donors (Lipinski definition) is 0. The van der Waals surface area contributed by atoms with Crippen LogP contribution in [-0.4, -0.2) is 47.2 Å². The van der Waals surface area contributed by atoms with E-state index in [1.165, 1.54) is 22.9 Å². The Kier molecular flexibility index (Phi) is 9.02. The summed E-state index contributed by atoms with van der Waals surface area (Å²) in [4.78, 5) is 17.0. The van der Waals surface area contributed by atoms with Gasteiger partial charge in [-0.2, -0.15) is 0 Å². The molecule has 0 bridgehead atoms. The van der Waals surface area contributed by atoms with Crippen LogP contribution in [0.2, 0.25) is 0 Å². The van der Waals surface area contributed by atoms with Crippen LogP contribution < -0.4 is 0 Å². The van der Waals surface area contributed by atoms with Gasteiger partial charge in [-0.25, -0.2) is 4.79 Å². The molecule has 164 valence electrons. The lowest BCUT2D eigenvalue weighted by molar-refractivity contribution is 0.00928. The highest BCUT2D eigenvalue weighted by molar-refractivity contribution is 9.10. The number of rotatable bonds is 7. The maximum absolute atomic E-state index is 12.4. The van der Waals surface area contributed by atoms with Crippen LogP contribution in [0.5, 0.6) is 0 Å². The molecule has 29 heavy (non-hydrogen) atoms. The molecule has 5 heteroatoms. The van der Waals surface area contributed by atoms with Gasteiger partial charge in [-0.05, 0) is 58.1 Å². The topological polar surface area (TPSA) is 32.8 Å². The minimum absolute atomic E-state index is 0.179. The summed E-state index contributed by atoms with van der Waals surface area (Å²) in [5.41, 5.74) is 0.900. The Bertz CT molecular complexity index is 647. The van der Waals surface area contributed by atoms with Gasteiger partial charge >= 0.3 is 6.09 Å². The van der Waals surface area contributed by atoms with Crippen molar-refractivity contribution in [1.29, 1.82) is 0 Å². The lowest BCUT2D eigenvalue weighted by atomic mass is 9.94. The maximum atomic E-state index is 12.4. The number of hydrogen-bond acceptors (Lipinski definition) is 3. The molecule has 1 fully saturated rings. The predicted octanol–water partition coefficient (Wildman–Crippen LogP) is 6.65. The first-order chi connectivity index (χ1) is 13.7. The van der Waals surface area contributed by atoms with Gasteiger partial charge in [0.2, 0.25) is 0 Å². The highest BCUT2D eigenvalue weighted by atomic mass is 79.9. The van der Waals surface area contributed by atoms with Crippen molar-refractivity contribution >= 4 is 22.0 Å². The molecule has 0 saturated carbocycles. The van der Waals surface area contributed by atoms with Crippen molar-refractivity contribution in [2.45, 2.75) is 84.9 Å². The minimum Gasteiger partial charge on any atom is -0.444 e. The maximum Gasteiger partial charge on any atom is 0.410 e. The van der Waals surface area contributed by atoms with Crippen LogP contribution in [0.15, 0.2) is 28.7 Å². The summed E-state index contributed by atoms with van der Waals surface area (Å²) in [6.45, 7) is 15.3. The normalized spacial score (nSPS) is 17.1. The molecule has 1 amide bonds. The first-order valence-electron chi connectivity index (χ1n) is 11.1. The third-order valence-electron chi connectivity index (χ3n) is 6.06. The number of halogens is 1. The van der Waals surface area contributed by atoms with Gasteiger partial charge in [-0.3, -0.25) is 4.90 Å². The second-order valence-corrected chi connectivity index (χ2v) is 10.1. The Morgan fingerprint density at radius 3 is 2.31 bits per heavy atom. The van der Waals surface area contributed by atoms with Crippen molar-refractivity contribution in [3.8, 4) is 0 Å². The number of carbonyl (C=O) groups is 1. The average Bonchev–Trinajstić information content (AvgIpc) is 2.68. The van der Waals surface area contributed by atoms with Crippen molar-refractivity contribution in [1.82, 2.24) is 9.80 Å². The molecule has 0 radical (unpaired) electrons. The van der Waals surface area contributed by atoms with Crippen LogP contribution in [0.3, 0.4) is 0 Å². The van der Waals surface area contributed by atoms with Gasteiger partial charge in [0.25, 0.3) is 0 Å². The summed E-state index contributed by atoms with van der Waals surface area (Å²) in [5.74, 6) is 0.698. The Balaban J connectivity index is 2.12. The third-order valence-corrected chi connectivity index (χ3v) is 6.78. The van der Waals surface area contributed by atoms with Crippen LogP contribution in [0.25, 0.3) is 0 Å². The summed E-state index contributed by atoms with van der Waals surface area (Å²) in [5, 5.41) is 0. The van der Waals surface area contributed by atoms with Crippen molar-refractivity contribution in [3.05, 3.63) is 34.3 Å². The van der Waals surface area contributed by atoms with Gasteiger partial charge in [0, 0.05) is 36.2 Å². The molecule has 1 atom stereocenters. The van der Waals surface area contributed by atoms with E-state index in [2.05, 4.69) is 65.9 Å². The second kappa shape index (κ2) is 10.8. The van der Waals surface area contributed by atoms with Crippen LogP contribution in [-0.2, 0) is 4.74 Å². The smallest absolute Gasteiger partial charge is 0.410 e. The van der Waals surface area contributed by atoms with Gasteiger partial charge < -0.3 is 9.64 Å². The largest absolute Gasteiger partial charge is 0.444 e. The average molecular weight is 467 g/mol. The van der Waals surface area contributed by atoms with Crippen LogP contribution in [0, 0.1) is 5.92 Å². The lowest BCUT2D eigenvalue weighted by Crippen LogP contribution is -2.49. The fourth-order valence-electron chi connectivity index (χ4n) is 4.17. The first kappa shape index (κ1) is 24.2. The molecule has 1 aliphatic rings. The molecule has 1 saturated heterocycles. The third kappa shape index (κ3) is 6.99. The highest BCUT2D eigenvalue weighted by Gasteiger charge is 2.32. The monoisotopic (exact) mass is 466 g/mol. The lowest BCUT2D eigenvalue weighted by Gasteiger charge is -2.43. The number of amides is 1. The number of likely N-dealkylation sites (tertiary alicyclic amines) is 1. The number of benzene rings is 1. The Morgan fingerprint density at radius 1 is 1.21 bits per heavy atom. The molecule has 4 nitrogen and oxygen atoms in total. The highest BCUT2D eigenvalue weighted by Crippen LogP contribution is 2.33. The molecular formula is C24H39BrN2O2. The number of ether oxygens (including phenoxy) is 1. The van der Waals surface area contributed by atoms with E-state index in [9.17, 15) is 4.79 Å². The second-order valence-electron chi connectivity index (χ2n) is 9.28. The number of piperidine rings is 1. The van der Waals surface area contributed by atoms with Gasteiger partial charge in [-0.1, -0.05) is 60.8 Å². The fraction of sp³-hybridized carbons (Fsp3) is 0.708. The molecule has 0 N–H and O–H groups in total. The van der Waals surface area contributed by atoms with Crippen LogP contribution in [0.4, 0.5) is 4.79 Å². The molecule has 1 unspecified atom stereocenters. The molecule has 1 aliphatic heterocycles. The van der Waals surface area contributed by atoms with E-state index in [1.54, 1.807) is 0 Å². The molecule has 0 aromatic heterocycles. The van der Waals surface area contributed by atoms with Crippen molar-refractivity contribution in [3.63, 3.8) is 0 Å². The summed E-state index contributed by atoms with van der Waals surface area (Å²) in [7, 11) is 0. The van der Waals surface area contributed by atoms with E-state index in [1.807, 2.05) is 25.7 Å².